The van der Waals surface area contributed by atoms with Crippen molar-refractivity contribution in [3.8, 4) is 0 Å². The lowest BCUT2D eigenvalue weighted by Gasteiger charge is -2.36. The maximum Gasteiger partial charge on any atom is 0.303 e. The predicted octanol–water partition coefficient (Wildman–Crippen LogP) is 2.03. The molecule has 0 aliphatic carbocycles. The molecule has 29 heavy (non-hydrogen) atoms. The first-order valence-corrected chi connectivity index (χ1v) is 10.7. The summed E-state index contributed by atoms with van der Waals surface area (Å²) < 4.78 is 39.8. The van der Waals surface area contributed by atoms with E-state index in [0.717, 1.165) is 9.99 Å². The van der Waals surface area contributed by atoms with Crippen LogP contribution in [0, 0.1) is 5.82 Å². The number of hydrogen-bond acceptors (Lipinski definition) is 4. The number of rotatable bonds is 5. The lowest BCUT2D eigenvalue weighted by Crippen LogP contribution is -2.48. The fraction of sp³-hybridized carbons (Fsp3) is 0.350. The van der Waals surface area contributed by atoms with Gasteiger partial charge in [0.1, 0.15) is 5.82 Å². The van der Waals surface area contributed by atoms with Gasteiger partial charge < -0.3 is 9.80 Å². The largest absolute Gasteiger partial charge is 0.368 e. The van der Waals surface area contributed by atoms with E-state index < -0.39 is 10.2 Å². The van der Waals surface area contributed by atoms with Gasteiger partial charge in [0.05, 0.1) is 5.69 Å². The first-order valence-electron chi connectivity index (χ1n) is 9.26. The maximum absolute atomic E-state index is 13.1. The Morgan fingerprint density at radius 3 is 1.97 bits per heavy atom. The molecule has 1 fully saturated rings. The zero-order valence-corrected chi connectivity index (χ0v) is 17.6. The number of halogens is 1. The Bertz CT molecular complexity index is 954. The second-order valence-electron chi connectivity index (χ2n) is 7.06. The fourth-order valence-electron chi connectivity index (χ4n) is 3.19. The molecule has 7 nitrogen and oxygen atoms in total. The van der Waals surface area contributed by atoms with Gasteiger partial charge in [-0.1, -0.05) is 0 Å². The van der Waals surface area contributed by atoms with Crippen molar-refractivity contribution >= 4 is 27.5 Å². The van der Waals surface area contributed by atoms with Gasteiger partial charge in [-0.2, -0.15) is 12.7 Å². The van der Waals surface area contributed by atoms with Crippen molar-refractivity contribution in [2.75, 3.05) is 56.5 Å². The third-order valence-corrected chi connectivity index (χ3v) is 6.87. The highest BCUT2D eigenvalue weighted by molar-refractivity contribution is 7.90. The standard InChI is InChI=1S/C20H25FN4O3S/c1-22(2)29(27,28)23(3)18-8-4-16(5-9-18)20(26)25-14-12-24(13-15-25)19-10-6-17(21)7-11-19/h4-11H,12-15H2,1-3H3. The number of carbonyl (C=O) groups is 1. The third kappa shape index (κ3) is 4.51. The normalized spacial score (nSPS) is 14.9. The van der Waals surface area contributed by atoms with Crippen LogP contribution >= 0.6 is 0 Å². The van der Waals surface area contributed by atoms with Gasteiger partial charge in [0, 0.05) is 58.6 Å². The summed E-state index contributed by atoms with van der Waals surface area (Å²) in [5.41, 5.74) is 1.93. The molecular weight excluding hydrogens is 395 g/mol. The van der Waals surface area contributed by atoms with Crippen molar-refractivity contribution in [1.29, 1.82) is 0 Å². The first kappa shape index (κ1) is 21.1. The molecule has 0 bridgehead atoms. The van der Waals surface area contributed by atoms with E-state index in [1.165, 1.54) is 37.6 Å². The lowest BCUT2D eigenvalue weighted by molar-refractivity contribution is 0.0747. The van der Waals surface area contributed by atoms with Crippen molar-refractivity contribution in [1.82, 2.24) is 9.21 Å². The van der Waals surface area contributed by atoms with Gasteiger partial charge >= 0.3 is 10.2 Å². The minimum atomic E-state index is -3.58. The van der Waals surface area contributed by atoms with Gasteiger partial charge in [-0.05, 0) is 48.5 Å². The summed E-state index contributed by atoms with van der Waals surface area (Å²) in [5.74, 6) is -0.358. The zero-order valence-electron chi connectivity index (χ0n) is 16.7. The molecule has 1 heterocycles. The Labute approximate surface area is 171 Å². The SMILES string of the molecule is CN(C)S(=O)(=O)N(C)c1ccc(C(=O)N2CCN(c3ccc(F)cc3)CC2)cc1. The number of anilines is 2. The van der Waals surface area contributed by atoms with E-state index >= 15 is 0 Å². The van der Waals surface area contributed by atoms with E-state index in [2.05, 4.69) is 4.90 Å². The average Bonchev–Trinajstić information content (AvgIpc) is 2.73. The van der Waals surface area contributed by atoms with E-state index in [9.17, 15) is 17.6 Å². The number of amides is 1. The van der Waals surface area contributed by atoms with E-state index in [-0.39, 0.29) is 11.7 Å². The summed E-state index contributed by atoms with van der Waals surface area (Å²) in [5, 5.41) is 0. The van der Waals surface area contributed by atoms with E-state index in [4.69, 9.17) is 0 Å². The minimum Gasteiger partial charge on any atom is -0.368 e. The van der Waals surface area contributed by atoms with Gasteiger partial charge in [0.25, 0.3) is 5.91 Å². The molecule has 1 amide bonds. The van der Waals surface area contributed by atoms with Crippen molar-refractivity contribution in [3.05, 3.63) is 59.9 Å². The molecule has 0 unspecified atom stereocenters. The van der Waals surface area contributed by atoms with Crippen LogP contribution in [-0.4, -0.2) is 70.9 Å². The lowest BCUT2D eigenvalue weighted by atomic mass is 10.1. The maximum atomic E-state index is 13.1. The van der Waals surface area contributed by atoms with Crippen LogP contribution in [0.2, 0.25) is 0 Å². The van der Waals surface area contributed by atoms with Crippen LogP contribution in [0.3, 0.4) is 0 Å². The van der Waals surface area contributed by atoms with Crippen molar-refractivity contribution in [2.45, 2.75) is 0 Å². The van der Waals surface area contributed by atoms with Crippen LogP contribution in [0.15, 0.2) is 48.5 Å². The van der Waals surface area contributed by atoms with Crippen molar-refractivity contribution < 1.29 is 17.6 Å². The van der Waals surface area contributed by atoms with Crippen LogP contribution in [0.1, 0.15) is 10.4 Å². The second kappa shape index (κ2) is 8.38. The Hall–Kier alpha value is -2.65. The van der Waals surface area contributed by atoms with Crippen LogP contribution in [0.5, 0.6) is 0 Å². The third-order valence-electron chi connectivity index (χ3n) is 5.04. The molecule has 0 saturated carbocycles. The summed E-state index contributed by atoms with van der Waals surface area (Å²) in [7, 11) is 0.832. The molecule has 0 radical (unpaired) electrons. The van der Waals surface area contributed by atoms with Crippen LogP contribution in [0.4, 0.5) is 15.8 Å². The Morgan fingerprint density at radius 1 is 0.897 bits per heavy atom. The van der Waals surface area contributed by atoms with E-state index in [0.29, 0.717) is 37.4 Å². The number of nitrogens with zero attached hydrogens (tertiary/aromatic N) is 4. The molecule has 0 N–H and O–H groups in total. The average molecular weight is 421 g/mol. The molecule has 0 atom stereocenters. The molecule has 0 spiro atoms. The highest BCUT2D eigenvalue weighted by atomic mass is 32.2. The topological polar surface area (TPSA) is 64.2 Å². The molecule has 156 valence electrons. The van der Waals surface area contributed by atoms with E-state index in [1.54, 1.807) is 41.3 Å². The monoisotopic (exact) mass is 420 g/mol. The van der Waals surface area contributed by atoms with Gasteiger partial charge in [-0.15, -0.1) is 0 Å². The Balaban J connectivity index is 1.63. The highest BCUT2D eigenvalue weighted by Gasteiger charge is 2.24. The predicted molar refractivity (Wildman–Crippen MR) is 112 cm³/mol. The number of hydrogen-bond donors (Lipinski definition) is 0. The van der Waals surface area contributed by atoms with Gasteiger partial charge in [-0.25, -0.2) is 4.39 Å². The van der Waals surface area contributed by atoms with Gasteiger partial charge in [0.15, 0.2) is 0 Å². The van der Waals surface area contributed by atoms with Gasteiger partial charge in [-0.3, -0.25) is 9.10 Å². The first-order chi connectivity index (χ1) is 13.7. The van der Waals surface area contributed by atoms with Crippen molar-refractivity contribution in [3.63, 3.8) is 0 Å². The summed E-state index contributed by atoms with van der Waals surface area (Å²) in [6, 6.07) is 12.9. The summed E-state index contributed by atoms with van der Waals surface area (Å²) in [4.78, 5) is 16.7. The van der Waals surface area contributed by atoms with Crippen LogP contribution in [-0.2, 0) is 10.2 Å². The number of piperazine rings is 1. The summed E-state index contributed by atoms with van der Waals surface area (Å²) >= 11 is 0. The minimum absolute atomic E-state index is 0.0894. The van der Waals surface area contributed by atoms with Crippen LogP contribution in [0.25, 0.3) is 0 Å². The Kier molecular flexibility index (Phi) is 6.09. The molecule has 1 aliphatic heterocycles. The zero-order chi connectivity index (χ0) is 21.2. The highest BCUT2D eigenvalue weighted by Crippen LogP contribution is 2.21. The van der Waals surface area contributed by atoms with Crippen LogP contribution < -0.4 is 9.21 Å². The molecule has 1 saturated heterocycles. The molecule has 2 aromatic rings. The smallest absolute Gasteiger partial charge is 0.303 e. The van der Waals surface area contributed by atoms with E-state index in [1.807, 2.05) is 0 Å². The molecule has 3 rings (SSSR count). The summed E-state index contributed by atoms with van der Waals surface area (Å²) in [6.45, 7) is 2.46. The molecule has 0 aromatic heterocycles. The van der Waals surface area contributed by atoms with Gasteiger partial charge in [0.2, 0.25) is 0 Å². The second-order valence-corrected chi connectivity index (χ2v) is 9.23. The molecule has 9 heteroatoms. The molecule has 1 aliphatic rings. The number of benzene rings is 2. The Morgan fingerprint density at radius 2 is 1.45 bits per heavy atom. The quantitative estimate of drug-likeness (QED) is 0.743. The fourth-order valence-corrected chi connectivity index (χ4v) is 4.07. The number of carbonyl (C=O) groups excluding carboxylic acids is 1. The molecular formula is C20H25FN4O3S. The van der Waals surface area contributed by atoms with Crippen molar-refractivity contribution in [2.24, 2.45) is 0 Å². The summed E-state index contributed by atoms with van der Waals surface area (Å²) in [6.07, 6.45) is 0. The molecule has 2 aromatic carbocycles.